The van der Waals surface area contributed by atoms with Crippen LogP contribution in [0.15, 0.2) is 48.5 Å². The minimum Gasteiger partial charge on any atom is -0.368 e. The Kier molecular flexibility index (Phi) is 6.41. The molecule has 0 aliphatic carbocycles. The topological polar surface area (TPSA) is 35.6 Å². The Bertz CT molecular complexity index is 743. The molecule has 138 valence electrons. The van der Waals surface area contributed by atoms with Gasteiger partial charge in [-0.25, -0.2) is 0 Å². The SMILES string of the molecule is CC(NC(=O)CN1CCN(c2ccccc2Cl)CC1)c1ccc(Cl)cc1. The van der Waals surface area contributed by atoms with Gasteiger partial charge in [-0.1, -0.05) is 47.5 Å². The summed E-state index contributed by atoms with van der Waals surface area (Å²) in [5.41, 5.74) is 2.11. The summed E-state index contributed by atoms with van der Waals surface area (Å²) in [7, 11) is 0. The number of piperazine rings is 1. The number of nitrogens with one attached hydrogen (secondary N) is 1. The van der Waals surface area contributed by atoms with Gasteiger partial charge in [0, 0.05) is 31.2 Å². The molecule has 0 aromatic heterocycles. The van der Waals surface area contributed by atoms with E-state index < -0.39 is 0 Å². The van der Waals surface area contributed by atoms with Crippen LogP contribution in [0.1, 0.15) is 18.5 Å². The molecule has 0 spiro atoms. The molecule has 0 saturated carbocycles. The van der Waals surface area contributed by atoms with Crippen LogP contribution in [0.3, 0.4) is 0 Å². The molecular formula is C20H23Cl2N3O. The van der Waals surface area contributed by atoms with E-state index in [1.807, 2.05) is 55.5 Å². The average Bonchev–Trinajstić information content (AvgIpc) is 2.63. The highest BCUT2D eigenvalue weighted by Crippen LogP contribution is 2.26. The van der Waals surface area contributed by atoms with Crippen molar-refractivity contribution in [2.24, 2.45) is 0 Å². The normalized spacial score (nSPS) is 16.3. The van der Waals surface area contributed by atoms with Crippen molar-refractivity contribution in [3.05, 3.63) is 64.1 Å². The van der Waals surface area contributed by atoms with Crippen molar-refractivity contribution < 1.29 is 4.79 Å². The maximum Gasteiger partial charge on any atom is 0.234 e. The summed E-state index contributed by atoms with van der Waals surface area (Å²) in [6.45, 7) is 5.81. The van der Waals surface area contributed by atoms with E-state index in [0.29, 0.717) is 11.6 Å². The molecule has 1 unspecified atom stereocenters. The van der Waals surface area contributed by atoms with E-state index in [-0.39, 0.29) is 11.9 Å². The lowest BCUT2D eigenvalue weighted by molar-refractivity contribution is -0.123. The van der Waals surface area contributed by atoms with Gasteiger partial charge in [0.2, 0.25) is 5.91 Å². The predicted molar refractivity (Wildman–Crippen MR) is 108 cm³/mol. The zero-order valence-electron chi connectivity index (χ0n) is 14.8. The summed E-state index contributed by atoms with van der Waals surface area (Å²) in [5.74, 6) is 0.0404. The number of hydrogen-bond donors (Lipinski definition) is 1. The number of benzene rings is 2. The molecule has 6 heteroatoms. The van der Waals surface area contributed by atoms with Crippen LogP contribution in [0.5, 0.6) is 0 Å². The van der Waals surface area contributed by atoms with Crippen molar-refractivity contribution in [2.75, 3.05) is 37.6 Å². The Morgan fingerprint density at radius 1 is 1.04 bits per heavy atom. The molecule has 1 fully saturated rings. The van der Waals surface area contributed by atoms with Gasteiger partial charge in [-0.05, 0) is 36.8 Å². The smallest absolute Gasteiger partial charge is 0.234 e. The molecule has 1 aliphatic heterocycles. The van der Waals surface area contributed by atoms with E-state index in [4.69, 9.17) is 23.2 Å². The molecule has 1 saturated heterocycles. The number of anilines is 1. The van der Waals surface area contributed by atoms with Gasteiger partial charge in [-0.2, -0.15) is 0 Å². The lowest BCUT2D eigenvalue weighted by Crippen LogP contribution is -2.49. The highest BCUT2D eigenvalue weighted by atomic mass is 35.5. The third-order valence-electron chi connectivity index (χ3n) is 4.68. The first-order valence-corrected chi connectivity index (χ1v) is 9.55. The van der Waals surface area contributed by atoms with E-state index in [0.717, 1.165) is 42.5 Å². The number of hydrogen-bond acceptors (Lipinski definition) is 3. The number of amides is 1. The van der Waals surface area contributed by atoms with Crippen LogP contribution in [0.2, 0.25) is 10.0 Å². The minimum atomic E-state index is -0.0378. The summed E-state index contributed by atoms with van der Waals surface area (Å²) >= 11 is 12.2. The van der Waals surface area contributed by atoms with Crippen LogP contribution in [-0.2, 0) is 4.79 Å². The fraction of sp³-hybridized carbons (Fsp3) is 0.350. The Hall–Kier alpha value is -1.75. The predicted octanol–water partition coefficient (Wildman–Crippen LogP) is 3.99. The maximum absolute atomic E-state index is 12.4. The maximum atomic E-state index is 12.4. The zero-order chi connectivity index (χ0) is 18.5. The molecular weight excluding hydrogens is 369 g/mol. The van der Waals surface area contributed by atoms with E-state index in [1.54, 1.807) is 0 Å². The zero-order valence-corrected chi connectivity index (χ0v) is 16.3. The van der Waals surface area contributed by atoms with Gasteiger partial charge in [0.15, 0.2) is 0 Å². The van der Waals surface area contributed by atoms with Crippen molar-refractivity contribution in [1.82, 2.24) is 10.2 Å². The lowest BCUT2D eigenvalue weighted by atomic mass is 10.1. The Labute approximate surface area is 164 Å². The van der Waals surface area contributed by atoms with Gasteiger partial charge in [0.05, 0.1) is 23.3 Å². The monoisotopic (exact) mass is 391 g/mol. The van der Waals surface area contributed by atoms with Gasteiger partial charge in [0.25, 0.3) is 0 Å². The fourth-order valence-electron chi connectivity index (χ4n) is 3.18. The second-order valence-corrected chi connectivity index (χ2v) is 7.40. The number of carbonyl (C=O) groups is 1. The first kappa shape index (κ1) is 19.0. The summed E-state index contributed by atoms with van der Waals surface area (Å²) in [4.78, 5) is 16.8. The second kappa shape index (κ2) is 8.76. The molecule has 1 N–H and O–H groups in total. The summed E-state index contributed by atoms with van der Waals surface area (Å²) in [6.07, 6.45) is 0. The minimum absolute atomic E-state index is 0.0378. The van der Waals surface area contributed by atoms with E-state index in [9.17, 15) is 4.79 Å². The largest absolute Gasteiger partial charge is 0.368 e. The van der Waals surface area contributed by atoms with Gasteiger partial charge < -0.3 is 10.2 Å². The number of carbonyl (C=O) groups excluding carboxylic acids is 1. The summed E-state index contributed by atoms with van der Waals surface area (Å²) in [5, 5.41) is 4.53. The quantitative estimate of drug-likeness (QED) is 0.836. The van der Waals surface area contributed by atoms with Gasteiger partial charge in [-0.15, -0.1) is 0 Å². The Balaban J connectivity index is 1.47. The van der Waals surface area contributed by atoms with Crippen LogP contribution in [0.25, 0.3) is 0 Å². The molecule has 1 heterocycles. The average molecular weight is 392 g/mol. The molecule has 2 aromatic rings. The van der Waals surface area contributed by atoms with Crippen LogP contribution in [0, 0.1) is 0 Å². The molecule has 2 aromatic carbocycles. The fourth-order valence-corrected chi connectivity index (χ4v) is 3.56. The van der Waals surface area contributed by atoms with E-state index >= 15 is 0 Å². The Morgan fingerprint density at radius 2 is 1.69 bits per heavy atom. The molecule has 1 aliphatic rings. The van der Waals surface area contributed by atoms with Crippen molar-refractivity contribution in [2.45, 2.75) is 13.0 Å². The van der Waals surface area contributed by atoms with E-state index in [1.165, 1.54) is 0 Å². The molecule has 4 nitrogen and oxygen atoms in total. The van der Waals surface area contributed by atoms with Crippen LogP contribution in [-0.4, -0.2) is 43.5 Å². The highest BCUT2D eigenvalue weighted by molar-refractivity contribution is 6.33. The Morgan fingerprint density at radius 3 is 2.35 bits per heavy atom. The van der Waals surface area contributed by atoms with E-state index in [2.05, 4.69) is 15.1 Å². The van der Waals surface area contributed by atoms with Gasteiger partial charge >= 0.3 is 0 Å². The molecule has 0 bridgehead atoms. The molecule has 1 amide bonds. The van der Waals surface area contributed by atoms with Gasteiger partial charge in [0.1, 0.15) is 0 Å². The number of halogens is 2. The molecule has 26 heavy (non-hydrogen) atoms. The molecule has 0 radical (unpaired) electrons. The third kappa shape index (κ3) is 4.91. The standard InChI is InChI=1S/C20H23Cl2N3O/c1-15(16-6-8-17(21)9-7-16)23-20(26)14-24-10-12-25(13-11-24)19-5-3-2-4-18(19)22/h2-9,15H,10-14H2,1H3,(H,23,26). The van der Waals surface area contributed by atoms with Crippen LogP contribution >= 0.6 is 23.2 Å². The number of rotatable bonds is 5. The summed E-state index contributed by atoms with van der Waals surface area (Å²) < 4.78 is 0. The highest BCUT2D eigenvalue weighted by Gasteiger charge is 2.21. The van der Waals surface area contributed by atoms with Crippen LogP contribution in [0.4, 0.5) is 5.69 Å². The van der Waals surface area contributed by atoms with Crippen molar-refractivity contribution in [1.29, 1.82) is 0 Å². The van der Waals surface area contributed by atoms with Crippen molar-refractivity contribution >= 4 is 34.8 Å². The van der Waals surface area contributed by atoms with Crippen molar-refractivity contribution in [3.63, 3.8) is 0 Å². The van der Waals surface area contributed by atoms with Crippen LogP contribution < -0.4 is 10.2 Å². The van der Waals surface area contributed by atoms with Gasteiger partial charge in [-0.3, -0.25) is 9.69 Å². The molecule has 1 atom stereocenters. The number of para-hydroxylation sites is 1. The third-order valence-corrected chi connectivity index (χ3v) is 5.25. The lowest BCUT2D eigenvalue weighted by Gasteiger charge is -2.36. The summed E-state index contributed by atoms with van der Waals surface area (Å²) in [6, 6.07) is 15.4. The first-order chi connectivity index (χ1) is 12.5. The number of nitrogens with zero attached hydrogens (tertiary/aromatic N) is 2. The second-order valence-electron chi connectivity index (χ2n) is 6.56. The first-order valence-electron chi connectivity index (χ1n) is 8.79. The van der Waals surface area contributed by atoms with Crippen molar-refractivity contribution in [3.8, 4) is 0 Å². The molecule has 3 rings (SSSR count).